The molecule has 0 aromatic heterocycles. The van der Waals surface area contributed by atoms with Gasteiger partial charge in [0.05, 0.1) is 5.56 Å². The van der Waals surface area contributed by atoms with E-state index in [1.165, 1.54) is 0 Å². The van der Waals surface area contributed by atoms with Crippen molar-refractivity contribution in [3.8, 4) is 11.1 Å². The van der Waals surface area contributed by atoms with Crippen LogP contribution >= 0.6 is 0 Å². The van der Waals surface area contributed by atoms with Crippen LogP contribution in [0.15, 0.2) is 30.3 Å². The smallest absolute Gasteiger partial charge is 0.218 e. The van der Waals surface area contributed by atoms with Crippen LogP contribution in [0, 0.1) is 19.7 Å². The molecule has 11 heteroatoms. The van der Waals surface area contributed by atoms with Crippen molar-refractivity contribution in [2.24, 2.45) is 0 Å². The molecule has 0 fully saturated rings. The van der Waals surface area contributed by atoms with Crippen LogP contribution in [0.5, 0.6) is 0 Å². The van der Waals surface area contributed by atoms with Gasteiger partial charge >= 0.3 is 24.2 Å². The zero-order valence-corrected chi connectivity index (χ0v) is 14.5. The molecule has 0 radical (unpaired) electrons. The Kier molecular flexibility index (Phi) is 5.44. The number of aryl methyl sites for hydroxylation is 2. The van der Waals surface area contributed by atoms with Crippen molar-refractivity contribution in [1.82, 2.24) is 0 Å². The van der Waals surface area contributed by atoms with E-state index in [2.05, 4.69) is 0 Å². The number of alkyl halides is 10. The Hall–Kier alpha value is -2.33. The predicted molar refractivity (Wildman–Crippen MR) is 81.2 cm³/mol. The van der Waals surface area contributed by atoms with E-state index in [9.17, 15) is 48.3 Å². The standard InChI is InChI=1S/C18H11F11/c1-8-5-9(2)14(11-7-10(16(21,22)23)3-4-13(11)19)12(6-8)15(20,17(24,25)26)18(27,28)29/h3-7H,1-2H3. The zero-order valence-electron chi connectivity index (χ0n) is 14.5. The molecule has 0 aliphatic heterocycles. The first kappa shape index (κ1) is 23.0. The molecule has 29 heavy (non-hydrogen) atoms. The molecule has 0 aliphatic rings. The minimum absolute atomic E-state index is 0.0453. The molecule has 0 saturated carbocycles. The maximum Gasteiger partial charge on any atom is 0.435 e. The van der Waals surface area contributed by atoms with Crippen molar-refractivity contribution < 1.29 is 48.3 Å². The van der Waals surface area contributed by atoms with E-state index in [4.69, 9.17) is 0 Å². The largest absolute Gasteiger partial charge is 0.435 e. The predicted octanol–water partition coefficient (Wildman–Crippen LogP) is 7.42. The van der Waals surface area contributed by atoms with E-state index in [0.29, 0.717) is 0 Å². The van der Waals surface area contributed by atoms with Gasteiger partial charge in [0.2, 0.25) is 0 Å². The third kappa shape index (κ3) is 3.91. The summed E-state index contributed by atoms with van der Waals surface area (Å²) < 4.78 is 147. The van der Waals surface area contributed by atoms with Crippen LogP contribution in [0.2, 0.25) is 0 Å². The molecule has 160 valence electrons. The van der Waals surface area contributed by atoms with Gasteiger partial charge in [0, 0.05) is 11.1 Å². The van der Waals surface area contributed by atoms with Crippen molar-refractivity contribution in [2.45, 2.75) is 38.0 Å². The third-order valence-electron chi connectivity index (χ3n) is 4.20. The molecular weight excluding hydrogens is 425 g/mol. The van der Waals surface area contributed by atoms with Gasteiger partial charge in [-0.1, -0.05) is 17.7 Å². The molecule has 0 saturated heterocycles. The number of halogens is 11. The summed E-state index contributed by atoms with van der Waals surface area (Å²) in [7, 11) is 0. The van der Waals surface area contributed by atoms with Crippen molar-refractivity contribution >= 4 is 0 Å². The Bertz CT molecular complexity index is 903. The van der Waals surface area contributed by atoms with Crippen molar-refractivity contribution in [3.63, 3.8) is 0 Å². The topological polar surface area (TPSA) is 0 Å². The van der Waals surface area contributed by atoms with Crippen molar-refractivity contribution in [2.75, 3.05) is 0 Å². The Labute approximate surface area is 156 Å². The summed E-state index contributed by atoms with van der Waals surface area (Å²) in [5.74, 6) is -1.54. The Morgan fingerprint density at radius 3 is 1.66 bits per heavy atom. The minimum atomic E-state index is -6.52. The van der Waals surface area contributed by atoms with E-state index in [1.54, 1.807) is 0 Å². The zero-order chi connectivity index (χ0) is 22.6. The van der Waals surface area contributed by atoms with Gasteiger partial charge in [-0.3, -0.25) is 0 Å². The van der Waals surface area contributed by atoms with Gasteiger partial charge in [-0.2, -0.15) is 39.5 Å². The monoisotopic (exact) mass is 436 g/mol. The average Bonchev–Trinajstić information content (AvgIpc) is 2.51. The lowest BCUT2D eigenvalue weighted by molar-refractivity contribution is -0.348. The molecule has 0 atom stereocenters. The van der Waals surface area contributed by atoms with Gasteiger partial charge in [0.15, 0.2) is 0 Å². The summed E-state index contributed by atoms with van der Waals surface area (Å²) in [6.45, 7) is 2.01. The lowest BCUT2D eigenvalue weighted by Crippen LogP contribution is -2.50. The quantitative estimate of drug-likeness (QED) is 0.430. The average molecular weight is 436 g/mol. The highest BCUT2D eigenvalue weighted by molar-refractivity contribution is 5.74. The van der Waals surface area contributed by atoms with Crippen LogP contribution in [0.3, 0.4) is 0 Å². The molecule has 0 heterocycles. The van der Waals surface area contributed by atoms with Crippen LogP contribution in [-0.4, -0.2) is 12.4 Å². The second-order valence-corrected chi connectivity index (χ2v) is 6.35. The maximum atomic E-state index is 14.7. The molecule has 0 N–H and O–H groups in total. The number of benzene rings is 2. The molecule has 0 amide bonds. The number of hydrogen-bond acceptors (Lipinski definition) is 0. The second-order valence-electron chi connectivity index (χ2n) is 6.35. The minimum Gasteiger partial charge on any atom is -0.218 e. The molecule has 0 spiro atoms. The van der Waals surface area contributed by atoms with Gasteiger partial charge in [-0.25, -0.2) is 8.78 Å². The van der Waals surface area contributed by atoms with Crippen LogP contribution in [0.25, 0.3) is 11.1 Å². The summed E-state index contributed by atoms with van der Waals surface area (Å²) in [6.07, 6.45) is -18.1. The van der Waals surface area contributed by atoms with E-state index in [-0.39, 0.29) is 29.8 Å². The Morgan fingerprint density at radius 1 is 0.690 bits per heavy atom. The molecule has 2 aromatic rings. The lowest BCUT2D eigenvalue weighted by Gasteiger charge is -2.33. The molecular formula is C18H11F11. The van der Waals surface area contributed by atoms with Crippen LogP contribution in [-0.2, 0) is 11.8 Å². The highest BCUT2D eigenvalue weighted by atomic mass is 19.4. The van der Waals surface area contributed by atoms with E-state index >= 15 is 0 Å². The first-order valence-corrected chi connectivity index (χ1v) is 7.72. The summed E-state index contributed by atoms with van der Waals surface area (Å²) >= 11 is 0. The van der Waals surface area contributed by atoms with Crippen LogP contribution < -0.4 is 0 Å². The first-order chi connectivity index (χ1) is 12.9. The summed E-state index contributed by atoms with van der Waals surface area (Å²) in [5.41, 5.74) is -12.7. The van der Waals surface area contributed by atoms with E-state index in [1.807, 2.05) is 0 Å². The van der Waals surface area contributed by atoms with E-state index < -0.39 is 57.8 Å². The highest BCUT2D eigenvalue weighted by Gasteiger charge is 2.74. The van der Waals surface area contributed by atoms with Crippen molar-refractivity contribution in [3.05, 3.63) is 58.4 Å². The van der Waals surface area contributed by atoms with Gasteiger partial charge < -0.3 is 0 Å². The lowest BCUT2D eigenvalue weighted by atomic mass is 9.83. The molecule has 0 unspecified atom stereocenters. The first-order valence-electron chi connectivity index (χ1n) is 7.72. The van der Waals surface area contributed by atoms with Crippen LogP contribution in [0.1, 0.15) is 22.3 Å². The normalized spacial score (nSPS) is 13.7. The third-order valence-corrected chi connectivity index (χ3v) is 4.20. The van der Waals surface area contributed by atoms with Crippen LogP contribution in [0.4, 0.5) is 48.3 Å². The highest BCUT2D eigenvalue weighted by Crippen LogP contribution is 2.56. The van der Waals surface area contributed by atoms with Gasteiger partial charge in [-0.05, 0) is 43.2 Å². The SMILES string of the molecule is Cc1cc(C)c(-c2cc(C(F)(F)F)ccc2F)c(C(F)(C(F)(F)F)C(F)(F)F)c1. The van der Waals surface area contributed by atoms with Crippen molar-refractivity contribution in [1.29, 1.82) is 0 Å². The Morgan fingerprint density at radius 2 is 1.21 bits per heavy atom. The molecule has 0 bridgehead atoms. The summed E-state index contributed by atoms with van der Waals surface area (Å²) in [4.78, 5) is 0. The molecule has 0 nitrogen and oxygen atoms in total. The fourth-order valence-corrected chi connectivity index (χ4v) is 2.96. The van der Waals surface area contributed by atoms with Gasteiger partial charge in [-0.15, -0.1) is 0 Å². The second kappa shape index (κ2) is 6.88. The van der Waals surface area contributed by atoms with Gasteiger partial charge in [0.25, 0.3) is 0 Å². The fraction of sp³-hybridized carbons (Fsp3) is 0.333. The molecule has 2 rings (SSSR count). The fourth-order valence-electron chi connectivity index (χ4n) is 2.96. The number of hydrogen-bond donors (Lipinski definition) is 0. The Balaban J connectivity index is 3.01. The number of rotatable bonds is 2. The van der Waals surface area contributed by atoms with Gasteiger partial charge in [0.1, 0.15) is 5.82 Å². The molecule has 2 aromatic carbocycles. The summed E-state index contributed by atoms with van der Waals surface area (Å²) in [5, 5.41) is 0. The van der Waals surface area contributed by atoms with E-state index in [0.717, 1.165) is 19.9 Å². The molecule has 0 aliphatic carbocycles. The summed E-state index contributed by atoms with van der Waals surface area (Å²) in [6, 6.07) is 1.75. The maximum absolute atomic E-state index is 14.7.